The maximum atomic E-state index is 11.1. The predicted octanol–water partition coefficient (Wildman–Crippen LogP) is 1.11. The second-order valence-corrected chi connectivity index (χ2v) is 5.67. The van der Waals surface area contributed by atoms with Crippen molar-refractivity contribution in [2.75, 3.05) is 11.5 Å². The number of rotatable bonds is 2. The average Bonchev–Trinajstić information content (AvgIpc) is 2.29. The first kappa shape index (κ1) is 9.53. The van der Waals surface area contributed by atoms with Crippen LogP contribution in [0.1, 0.15) is 26.2 Å². The van der Waals surface area contributed by atoms with Gasteiger partial charge in [0.25, 0.3) is 0 Å². The number of hydrogen-bond acceptors (Lipinski definition) is 3. The molecule has 0 spiro atoms. The molecule has 3 nitrogen and oxygen atoms in total. The highest BCUT2D eigenvalue weighted by Gasteiger charge is 2.41. The molecule has 0 aromatic rings. The molecule has 4 heteroatoms. The summed E-state index contributed by atoms with van der Waals surface area (Å²) in [6, 6.07) is 2.15. The van der Waals surface area contributed by atoms with Crippen LogP contribution in [0.25, 0.3) is 0 Å². The van der Waals surface area contributed by atoms with E-state index < -0.39 is 15.3 Å². The Morgan fingerprint density at radius 3 is 2.58 bits per heavy atom. The monoisotopic (exact) mass is 187 g/mol. The molecule has 0 N–H and O–H groups in total. The first-order valence-electron chi connectivity index (χ1n) is 4.15. The molecule has 0 radical (unpaired) electrons. The molecule has 1 heterocycles. The minimum Gasteiger partial charge on any atom is -0.229 e. The molecule has 1 rings (SSSR count). The molecule has 1 saturated heterocycles. The summed E-state index contributed by atoms with van der Waals surface area (Å²) < 4.78 is 22.3. The maximum absolute atomic E-state index is 11.1. The SMILES string of the molecule is CCCC1(C#N)CCS(=O)(=O)C1. The van der Waals surface area contributed by atoms with Crippen LogP contribution in [0.5, 0.6) is 0 Å². The highest BCUT2D eigenvalue weighted by Crippen LogP contribution is 2.35. The molecule has 1 unspecified atom stereocenters. The van der Waals surface area contributed by atoms with Crippen LogP contribution < -0.4 is 0 Å². The Balaban J connectivity index is 2.81. The van der Waals surface area contributed by atoms with Crippen molar-refractivity contribution in [1.82, 2.24) is 0 Å². The van der Waals surface area contributed by atoms with Gasteiger partial charge in [-0.2, -0.15) is 5.26 Å². The third kappa shape index (κ3) is 1.78. The number of nitrogens with zero attached hydrogens (tertiary/aromatic N) is 1. The van der Waals surface area contributed by atoms with Crippen LogP contribution in [0.15, 0.2) is 0 Å². The van der Waals surface area contributed by atoms with Crippen molar-refractivity contribution in [2.24, 2.45) is 5.41 Å². The zero-order valence-electron chi connectivity index (χ0n) is 7.21. The second kappa shape index (κ2) is 3.06. The van der Waals surface area contributed by atoms with E-state index in [0.717, 1.165) is 6.42 Å². The van der Waals surface area contributed by atoms with E-state index in [-0.39, 0.29) is 11.5 Å². The molecular formula is C8H13NO2S. The van der Waals surface area contributed by atoms with Crippen LogP contribution in [0.4, 0.5) is 0 Å². The minimum absolute atomic E-state index is 0.0737. The minimum atomic E-state index is -2.91. The van der Waals surface area contributed by atoms with Crippen LogP contribution in [0, 0.1) is 16.7 Å². The van der Waals surface area contributed by atoms with Crippen LogP contribution in [-0.4, -0.2) is 19.9 Å². The average molecular weight is 187 g/mol. The topological polar surface area (TPSA) is 57.9 Å². The molecular weight excluding hydrogens is 174 g/mol. The van der Waals surface area contributed by atoms with Crippen molar-refractivity contribution < 1.29 is 8.42 Å². The van der Waals surface area contributed by atoms with Crippen LogP contribution in [0.3, 0.4) is 0 Å². The number of nitriles is 1. The van der Waals surface area contributed by atoms with Gasteiger partial charge in [-0.1, -0.05) is 13.3 Å². The predicted molar refractivity (Wildman–Crippen MR) is 46.2 cm³/mol. The lowest BCUT2D eigenvalue weighted by atomic mass is 9.85. The Morgan fingerprint density at radius 1 is 1.58 bits per heavy atom. The molecule has 1 fully saturated rings. The van der Waals surface area contributed by atoms with E-state index in [9.17, 15) is 8.42 Å². The molecule has 1 aliphatic heterocycles. The summed E-state index contributed by atoms with van der Waals surface area (Å²) in [7, 11) is -2.91. The normalized spacial score (nSPS) is 33.0. The Morgan fingerprint density at radius 2 is 2.25 bits per heavy atom. The fourth-order valence-electron chi connectivity index (χ4n) is 1.74. The molecule has 0 aromatic carbocycles. The van der Waals surface area contributed by atoms with Crippen LogP contribution in [-0.2, 0) is 9.84 Å². The third-order valence-corrected chi connectivity index (χ3v) is 4.17. The highest BCUT2D eigenvalue weighted by molar-refractivity contribution is 7.91. The molecule has 1 atom stereocenters. The van der Waals surface area contributed by atoms with Gasteiger partial charge in [0, 0.05) is 0 Å². The van der Waals surface area contributed by atoms with Gasteiger partial charge in [0.1, 0.15) is 0 Å². The van der Waals surface area contributed by atoms with E-state index in [1.165, 1.54) is 0 Å². The Hall–Kier alpha value is -0.560. The van der Waals surface area contributed by atoms with E-state index in [1.54, 1.807) is 0 Å². The van der Waals surface area contributed by atoms with Crippen molar-refractivity contribution in [3.05, 3.63) is 0 Å². The highest BCUT2D eigenvalue weighted by atomic mass is 32.2. The van der Waals surface area contributed by atoms with Crippen LogP contribution in [0.2, 0.25) is 0 Å². The molecule has 0 saturated carbocycles. The van der Waals surface area contributed by atoms with E-state index in [4.69, 9.17) is 5.26 Å². The van der Waals surface area contributed by atoms with Gasteiger partial charge in [0.2, 0.25) is 0 Å². The fourth-order valence-corrected chi connectivity index (χ4v) is 3.78. The van der Waals surface area contributed by atoms with Gasteiger partial charge in [-0.25, -0.2) is 8.42 Å². The Labute approximate surface area is 73.3 Å². The van der Waals surface area contributed by atoms with Gasteiger partial charge in [-0.05, 0) is 12.8 Å². The number of sulfone groups is 1. The van der Waals surface area contributed by atoms with Crippen molar-refractivity contribution in [3.8, 4) is 6.07 Å². The molecule has 1 aliphatic rings. The molecule has 0 bridgehead atoms. The fraction of sp³-hybridized carbons (Fsp3) is 0.875. The largest absolute Gasteiger partial charge is 0.229 e. The van der Waals surface area contributed by atoms with Gasteiger partial charge < -0.3 is 0 Å². The molecule has 68 valence electrons. The lowest BCUT2D eigenvalue weighted by molar-refractivity contribution is 0.411. The molecule has 0 aromatic heterocycles. The summed E-state index contributed by atoms with van der Waals surface area (Å²) in [5.41, 5.74) is -0.562. The first-order chi connectivity index (χ1) is 5.54. The standard InChI is InChI=1S/C8H13NO2S/c1-2-3-8(6-9)4-5-12(10,11)7-8/h2-5,7H2,1H3. The summed E-state index contributed by atoms with van der Waals surface area (Å²) in [6.45, 7) is 1.98. The Bertz CT molecular complexity index is 302. The molecule has 0 amide bonds. The lowest BCUT2D eigenvalue weighted by Crippen LogP contribution is -2.19. The lowest BCUT2D eigenvalue weighted by Gasteiger charge is -2.16. The van der Waals surface area contributed by atoms with Gasteiger partial charge in [-0.15, -0.1) is 0 Å². The van der Waals surface area contributed by atoms with Gasteiger partial charge in [-0.3, -0.25) is 0 Å². The van der Waals surface area contributed by atoms with E-state index in [2.05, 4.69) is 6.07 Å². The first-order valence-corrected chi connectivity index (χ1v) is 5.97. The summed E-state index contributed by atoms with van der Waals surface area (Å²) in [5.74, 6) is 0.269. The van der Waals surface area contributed by atoms with Crippen molar-refractivity contribution >= 4 is 9.84 Å². The van der Waals surface area contributed by atoms with E-state index in [1.807, 2.05) is 6.92 Å². The van der Waals surface area contributed by atoms with E-state index in [0.29, 0.717) is 12.8 Å². The van der Waals surface area contributed by atoms with Gasteiger partial charge in [0.05, 0.1) is 23.0 Å². The van der Waals surface area contributed by atoms with Crippen molar-refractivity contribution in [3.63, 3.8) is 0 Å². The quantitative estimate of drug-likeness (QED) is 0.650. The van der Waals surface area contributed by atoms with Crippen molar-refractivity contribution in [2.45, 2.75) is 26.2 Å². The smallest absolute Gasteiger partial charge is 0.151 e. The van der Waals surface area contributed by atoms with E-state index >= 15 is 0 Å². The van der Waals surface area contributed by atoms with Gasteiger partial charge >= 0.3 is 0 Å². The zero-order valence-corrected chi connectivity index (χ0v) is 8.02. The number of hydrogen-bond donors (Lipinski definition) is 0. The van der Waals surface area contributed by atoms with Crippen LogP contribution >= 0.6 is 0 Å². The van der Waals surface area contributed by atoms with Gasteiger partial charge in [0.15, 0.2) is 9.84 Å². The molecule has 0 aliphatic carbocycles. The Kier molecular flexibility index (Phi) is 2.43. The summed E-state index contributed by atoms with van der Waals surface area (Å²) in [4.78, 5) is 0. The van der Waals surface area contributed by atoms with Crippen molar-refractivity contribution in [1.29, 1.82) is 5.26 Å². The maximum Gasteiger partial charge on any atom is 0.151 e. The summed E-state index contributed by atoms with van der Waals surface area (Å²) in [5, 5.41) is 8.87. The second-order valence-electron chi connectivity index (χ2n) is 3.48. The third-order valence-electron chi connectivity index (χ3n) is 2.35. The zero-order chi connectivity index (χ0) is 9.24. The summed E-state index contributed by atoms with van der Waals surface area (Å²) >= 11 is 0. The summed E-state index contributed by atoms with van der Waals surface area (Å²) in [6.07, 6.45) is 2.12. The molecule has 12 heavy (non-hydrogen) atoms.